The molecule has 17 heavy (non-hydrogen) atoms. The molecule has 0 amide bonds. The van der Waals surface area contributed by atoms with Gasteiger partial charge in [0.15, 0.2) is 5.78 Å². The van der Waals surface area contributed by atoms with Crippen molar-refractivity contribution >= 4 is 35.3 Å². The van der Waals surface area contributed by atoms with Gasteiger partial charge in [-0.05, 0) is 13.8 Å². The van der Waals surface area contributed by atoms with Crippen LogP contribution in [0, 0.1) is 0 Å². The average Bonchev–Trinajstić information content (AvgIpc) is 2.63. The molecular weight excluding hydrogens is 264 g/mol. The van der Waals surface area contributed by atoms with Crippen molar-refractivity contribution in [2.75, 3.05) is 12.4 Å². The Morgan fingerprint density at radius 3 is 2.59 bits per heavy atom. The number of aliphatic hydroxyl groups is 2. The highest BCUT2D eigenvalue weighted by molar-refractivity contribution is 8.25. The van der Waals surface area contributed by atoms with E-state index in [0.717, 1.165) is 11.8 Å². The first-order valence-electron chi connectivity index (χ1n) is 5.02. The van der Waals surface area contributed by atoms with Gasteiger partial charge in [-0.2, -0.15) is 0 Å². The second-order valence-electron chi connectivity index (χ2n) is 3.58. The number of Topliss-reactive ketones (excluding diaryl/α,β-unsaturated/α-hetero) is 1. The number of carbonyl (C=O) groups excluding carboxylic acids is 2. The van der Waals surface area contributed by atoms with Crippen molar-refractivity contribution in [1.29, 1.82) is 0 Å². The Labute approximate surface area is 108 Å². The van der Waals surface area contributed by atoms with Gasteiger partial charge in [0.2, 0.25) is 0 Å². The molecule has 0 aliphatic carbocycles. The van der Waals surface area contributed by atoms with Crippen LogP contribution in [0.4, 0.5) is 0 Å². The van der Waals surface area contributed by atoms with Crippen LogP contribution in [0.5, 0.6) is 0 Å². The number of thioether (sulfide) groups is 2. The largest absolute Gasteiger partial charge is 0.459 e. The third-order valence-electron chi connectivity index (χ3n) is 1.77. The van der Waals surface area contributed by atoms with Gasteiger partial charge in [0, 0.05) is 5.75 Å². The lowest BCUT2D eigenvalue weighted by molar-refractivity contribution is -0.144. The fourth-order valence-electron chi connectivity index (χ4n) is 1.13. The van der Waals surface area contributed by atoms with Crippen LogP contribution in [0.3, 0.4) is 0 Å². The molecule has 7 heteroatoms. The maximum Gasteiger partial charge on any atom is 0.343 e. The summed E-state index contributed by atoms with van der Waals surface area (Å²) in [6.45, 7) is 2.60. The highest BCUT2D eigenvalue weighted by Gasteiger charge is 2.30. The van der Waals surface area contributed by atoms with Crippen LogP contribution in [-0.4, -0.2) is 45.9 Å². The molecule has 0 saturated carbocycles. The molecule has 0 bridgehead atoms. The molecule has 2 N–H and O–H groups in total. The first-order valence-corrected chi connectivity index (χ1v) is 6.89. The van der Waals surface area contributed by atoms with E-state index in [1.54, 1.807) is 13.8 Å². The molecule has 96 valence electrons. The Bertz CT molecular complexity index is 351. The van der Waals surface area contributed by atoms with Crippen molar-refractivity contribution in [2.24, 2.45) is 0 Å². The molecule has 0 aromatic rings. The minimum atomic E-state index is -0.747. The fraction of sp³-hybridized carbons (Fsp3) is 0.600. The summed E-state index contributed by atoms with van der Waals surface area (Å²) in [5.74, 6) is -1.01. The maximum absolute atomic E-state index is 11.7. The Balaban J connectivity index is 2.96. The molecule has 0 radical (unpaired) electrons. The van der Waals surface area contributed by atoms with Crippen LogP contribution in [0.25, 0.3) is 0 Å². The standard InChI is InChI=1S/C10H14O5S2/c1-5(2)15-9(14)8(6(12)3-11)10-16-4-7(13)17-10/h5,7,11,13H,3-4H2,1-2H3. The van der Waals surface area contributed by atoms with Crippen LogP contribution in [0.1, 0.15) is 13.8 Å². The van der Waals surface area contributed by atoms with E-state index >= 15 is 0 Å². The first kappa shape index (κ1) is 14.6. The Kier molecular flexibility index (Phi) is 5.51. The second kappa shape index (κ2) is 6.44. The lowest BCUT2D eigenvalue weighted by atomic mass is 10.2. The molecule has 1 unspecified atom stereocenters. The molecule has 1 aliphatic rings. The number of hydrogen-bond acceptors (Lipinski definition) is 7. The van der Waals surface area contributed by atoms with Crippen molar-refractivity contribution in [1.82, 2.24) is 0 Å². The predicted octanol–water partition coefficient (Wildman–Crippen LogP) is 0.509. The summed E-state index contributed by atoms with van der Waals surface area (Å²) in [5, 5.41) is 18.2. The van der Waals surface area contributed by atoms with Crippen LogP contribution in [0.2, 0.25) is 0 Å². The summed E-state index contributed by atoms with van der Waals surface area (Å²) in [5.41, 5.74) is -0.795. The van der Waals surface area contributed by atoms with Gasteiger partial charge in [-0.25, -0.2) is 4.79 Å². The molecule has 1 fully saturated rings. The van der Waals surface area contributed by atoms with Gasteiger partial charge in [0.05, 0.1) is 10.3 Å². The van der Waals surface area contributed by atoms with Gasteiger partial charge in [0.1, 0.15) is 17.6 Å². The Morgan fingerprint density at radius 1 is 1.53 bits per heavy atom. The van der Waals surface area contributed by atoms with Crippen LogP contribution < -0.4 is 0 Å². The van der Waals surface area contributed by atoms with Crippen LogP contribution in [0.15, 0.2) is 9.81 Å². The zero-order valence-corrected chi connectivity index (χ0v) is 11.1. The van der Waals surface area contributed by atoms with Gasteiger partial charge in [-0.3, -0.25) is 4.79 Å². The summed E-state index contributed by atoms with van der Waals surface area (Å²) in [7, 11) is 0. The minimum absolute atomic E-state index is 0.159. The van der Waals surface area contributed by atoms with Gasteiger partial charge in [0.25, 0.3) is 0 Å². The number of hydrogen-bond donors (Lipinski definition) is 2. The van der Waals surface area contributed by atoms with Crippen LogP contribution in [-0.2, 0) is 14.3 Å². The number of esters is 1. The van der Waals surface area contributed by atoms with E-state index in [-0.39, 0.29) is 11.7 Å². The van der Waals surface area contributed by atoms with E-state index in [2.05, 4.69) is 0 Å². The second-order valence-corrected chi connectivity index (χ2v) is 6.06. The molecule has 0 aromatic heterocycles. The highest BCUT2D eigenvalue weighted by atomic mass is 32.2. The topological polar surface area (TPSA) is 83.8 Å². The number of carbonyl (C=O) groups is 2. The molecule has 0 spiro atoms. The number of ketones is 1. The van der Waals surface area contributed by atoms with Crippen LogP contribution >= 0.6 is 23.5 Å². The summed E-state index contributed by atoms with van der Waals surface area (Å²) >= 11 is 2.26. The van der Waals surface area contributed by atoms with Crippen molar-refractivity contribution in [3.8, 4) is 0 Å². The summed E-state index contributed by atoms with van der Waals surface area (Å²) in [4.78, 5) is 23.2. The normalized spacial score (nSPS) is 22.8. The lowest BCUT2D eigenvalue weighted by Crippen LogP contribution is -2.22. The maximum atomic E-state index is 11.7. The molecule has 1 saturated heterocycles. The van der Waals surface area contributed by atoms with Gasteiger partial charge in [-0.1, -0.05) is 11.8 Å². The van der Waals surface area contributed by atoms with Crippen molar-refractivity contribution in [3.05, 3.63) is 9.81 Å². The third-order valence-corrected chi connectivity index (χ3v) is 4.43. The zero-order valence-electron chi connectivity index (χ0n) is 9.50. The van der Waals surface area contributed by atoms with Gasteiger partial charge in [-0.15, -0.1) is 11.8 Å². The minimum Gasteiger partial charge on any atom is -0.459 e. The van der Waals surface area contributed by atoms with E-state index in [4.69, 9.17) is 9.84 Å². The van der Waals surface area contributed by atoms with E-state index < -0.39 is 23.8 Å². The highest BCUT2D eigenvalue weighted by Crippen LogP contribution is 2.42. The van der Waals surface area contributed by atoms with E-state index in [0.29, 0.717) is 9.99 Å². The van der Waals surface area contributed by atoms with E-state index in [1.165, 1.54) is 11.8 Å². The molecular formula is C10H14O5S2. The number of ether oxygens (including phenoxy) is 1. The monoisotopic (exact) mass is 278 g/mol. The molecule has 1 atom stereocenters. The quantitative estimate of drug-likeness (QED) is 0.335. The van der Waals surface area contributed by atoms with Gasteiger partial charge >= 0.3 is 5.97 Å². The molecule has 1 aliphatic heterocycles. The summed E-state index contributed by atoms with van der Waals surface area (Å²) in [6, 6.07) is 0. The van der Waals surface area contributed by atoms with E-state index in [1.807, 2.05) is 0 Å². The Morgan fingerprint density at radius 2 is 2.18 bits per heavy atom. The smallest absolute Gasteiger partial charge is 0.343 e. The number of aliphatic hydroxyl groups excluding tert-OH is 2. The van der Waals surface area contributed by atoms with Crippen molar-refractivity contribution in [3.63, 3.8) is 0 Å². The van der Waals surface area contributed by atoms with Crippen molar-refractivity contribution in [2.45, 2.75) is 25.4 Å². The third kappa shape index (κ3) is 4.02. The molecule has 1 rings (SSSR count). The lowest BCUT2D eigenvalue weighted by Gasteiger charge is -2.11. The summed E-state index contributed by atoms with van der Waals surface area (Å²) in [6.07, 6.45) is -0.342. The summed E-state index contributed by atoms with van der Waals surface area (Å²) < 4.78 is 5.36. The van der Waals surface area contributed by atoms with E-state index in [9.17, 15) is 14.7 Å². The van der Waals surface area contributed by atoms with Crippen molar-refractivity contribution < 1.29 is 24.5 Å². The number of rotatable bonds is 4. The molecule has 5 nitrogen and oxygen atoms in total. The SMILES string of the molecule is CC(C)OC(=O)C(C(=O)CO)=C1SCC(O)S1. The average molecular weight is 278 g/mol. The fourth-order valence-corrected chi connectivity index (χ4v) is 3.62. The Hall–Kier alpha value is -0.500. The van der Waals surface area contributed by atoms with Gasteiger partial charge < -0.3 is 14.9 Å². The zero-order chi connectivity index (χ0) is 13.0. The predicted molar refractivity (Wildman–Crippen MR) is 66.4 cm³/mol. The molecule has 0 aromatic carbocycles. The first-order chi connectivity index (χ1) is 7.95. The molecule has 1 heterocycles.